The number of ether oxygens (including phenoxy) is 1. The molecule has 2 atom stereocenters. The Kier molecular flexibility index (Phi) is 6.17. The highest BCUT2D eigenvalue weighted by molar-refractivity contribution is 5.92. The average molecular weight is 293 g/mol. The normalized spacial score (nSPS) is 13.4. The van der Waals surface area contributed by atoms with Gasteiger partial charge in [0.25, 0.3) is 0 Å². The van der Waals surface area contributed by atoms with E-state index >= 15 is 0 Å². The van der Waals surface area contributed by atoms with Crippen LogP contribution >= 0.6 is 0 Å². The van der Waals surface area contributed by atoms with E-state index in [0.29, 0.717) is 5.69 Å². The summed E-state index contributed by atoms with van der Waals surface area (Å²) in [5.74, 6) is -0.539. The number of methoxy groups -OCH3 is 1. The minimum atomic E-state index is -0.688. The number of hydrogen-bond acceptors (Lipinski definition) is 4. The van der Waals surface area contributed by atoms with E-state index in [9.17, 15) is 9.59 Å². The van der Waals surface area contributed by atoms with Gasteiger partial charge in [0, 0.05) is 11.7 Å². The quantitative estimate of drug-likeness (QED) is 0.724. The summed E-state index contributed by atoms with van der Waals surface area (Å²) < 4.78 is 4.68. The van der Waals surface area contributed by atoms with Crippen LogP contribution in [0.4, 0.5) is 10.5 Å². The molecule has 0 saturated heterocycles. The van der Waals surface area contributed by atoms with Crippen LogP contribution in [0.2, 0.25) is 0 Å². The van der Waals surface area contributed by atoms with Crippen molar-refractivity contribution in [1.29, 1.82) is 0 Å². The van der Waals surface area contributed by atoms with Gasteiger partial charge >= 0.3 is 12.0 Å². The Hall–Kier alpha value is -2.08. The number of nitrogens with two attached hydrogens (primary N) is 1. The molecule has 2 amide bonds. The molecule has 21 heavy (non-hydrogen) atoms. The van der Waals surface area contributed by atoms with Gasteiger partial charge in [-0.2, -0.15) is 0 Å². The molecule has 2 unspecified atom stereocenters. The van der Waals surface area contributed by atoms with E-state index in [1.165, 1.54) is 7.11 Å². The molecule has 0 radical (unpaired) electrons. The molecule has 0 aliphatic heterocycles. The Morgan fingerprint density at radius 3 is 2.43 bits per heavy atom. The molecule has 1 aromatic rings. The molecule has 0 spiro atoms. The Morgan fingerprint density at radius 1 is 1.24 bits per heavy atom. The molecule has 0 aromatic heterocycles. The highest BCUT2D eigenvalue weighted by atomic mass is 16.5. The molecule has 6 heteroatoms. The number of nitrogens with one attached hydrogen (secondary N) is 2. The lowest BCUT2D eigenvalue weighted by Crippen LogP contribution is -2.46. The van der Waals surface area contributed by atoms with Gasteiger partial charge in [-0.05, 0) is 30.5 Å². The monoisotopic (exact) mass is 293 g/mol. The van der Waals surface area contributed by atoms with Crippen molar-refractivity contribution in [3.05, 3.63) is 29.8 Å². The van der Waals surface area contributed by atoms with Crippen molar-refractivity contribution < 1.29 is 14.3 Å². The largest absolute Gasteiger partial charge is 0.467 e. The third kappa shape index (κ3) is 5.07. The Morgan fingerprint density at radius 2 is 1.90 bits per heavy atom. The number of amides is 2. The van der Waals surface area contributed by atoms with Crippen LogP contribution in [0.1, 0.15) is 32.4 Å². The summed E-state index contributed by atoms with van der Waals surface area (Å²) in [5.41, 5.74) is 7.34. The first-order valence-electron chi connectivity index (χ1n) is 6.86. The van der Waals surface area contributed by atoms with Crippen LogP contribution in [0.25, 0.3) is 0 Å². The zero-order chi connectivity index (χ0) is 16.0. The van der Waals surface area contributed by atoms with Crippen LogP contribution in [0.5, 0.6) is 0 Å². The number of carbonyl (C=O) groups excluding carboxylic acids is 2. The number of carbonyl (C=O) groups is 2. The Labute approximate surface area is 125 Å². The molecule has 0 bridgehead atoms. The number of benzene rings is 1. The zero-order valence-electron chi connectivity index (χ0n) is 12.8. The third-order valence-corrected chi connectivity index (χ3v) is 3.08. The molecule has 0 heterocycles. The fraction of sp³-hybridized carbons (Fsp3) is 0.467. The van der Waals surface area contributed by atoms with Crippen LogP contribution < -0.4 is 16.4 Å². The van der Waals surface area contributed by atoms with Gasteiger partial charge in [-0.3, -0.25) is 0 Å². The molecule has 116 valence electrons. The lowest BCUT2D eigenvalue weighted by molar-refractivity contribution is -0.143. The van der Waals surface area contributed by atoms with Crippen LogP contribution in [0, 0.1) is 5.92 Å². The van der Waals surface area contributed by atoms with Crippen molar-refractivity contribution in [2.75, 3.05) is 12.4 Å². The smallest absolute Gasteiger partial charge is 0.328 e. The van der Waals surface area contributed by atoms with Crippen LogP contribution in [0.3, 0.4) is 0 Å². The van der Waals surface area contributed by atoms with Gasteiger partial charge in [-0.1, -0.05) is 26.0 Å². The second kappa shape index (κ2) is 7.64. The van der Waals surface area contributed by atoms with Crippen LogP contribution in [-0.4, -0.2) is 25.2 Å². The first-order valence-corrected chi connectivity index (χ1v) is 6.86. The molecule has 1 aromatic carbocycles. The minimum Gasteiger partial charge on any atom is -0.467 e. The van der Waals surface area contributed by atoms with Crippen molar-refractivity contribution >= 4 is 17.7 Å². The summed E-state index contributed by atoms with van der Waals surface area (Å²) in [6, 6.07) is 6.00. The maximum Gasteiger partial charge on any atom is 0.328 e. The standard InChI is InChI=1S/C15H23N3O3/c1-9(2)13(14(19)21-4)18-15(20)17-12-7-5-6-11(8-12)10(3)16/h5-10,13H,16H2,1-4H3,(H2,17,18,20). The van der Waals surface area contributed by atoms with Crippen LogP contribution in [0.15, 0.2) is 24.3 Å². The minimum absolute atomic E-state index is 0.0707. The van der Waals surface area contributed by atoms with Crippen LogP contribution in [-0.2, 0) is 9.53 Å². The maximum atomic E-state index is 12.0. The Bertz CT molecular complexity index is 501. The summed E-state index contributed by atoms with van der Waals surface area (Å²) in [6.45, 7) is 5.53. The van der Waals surface area contributed by atoms with Crippen molar-refractivity contribution in [2.24, 2.45) is 11.7 Å². The third-order valence-electron chi connectivity index (χ3n) is 3.08. The maximum absolute atomic E-state index is 12.0. The zero-order valence-corrected chi connectivity index (χ0v) is 12.8. The number of rotatable bonds is 5. The average Bonchev–Trinajstić information content (AvgIpc) is 2.43. The topological polar surface area (TPSA) is 93.4 Å². The van der Waals surface area contributed by atoms with E-state index in [1.807, 2.05) is 32.9 Å². The summed E-state index contributed by atoms with van der Waals surface area (Å²) in [7, 11) is 1.30. The van der Waals surface area contributed by atoms with E-state index in [2.05, 4.69) is 15.4 Å². The predicted octanol–water partition coefficient (Wildman–Crippen LogP) is 2.03. The lowest BCUT2D eigenvalue weighted by Gasteiger charge is -2.20. The molecular weight excluding hydrogens is 270 g/mol. The second-order valence-corrected chi connectivity index (χ2v) is 5.26. The molecular formula is C15H23N3O3. The predicted molar refractivity (Wildman–Crippen MR) is 81.8 cm³/mol. The summed E-state index contributed by atoms with van der Waals surface area (Å²) in [6.07, 6.45) is 0. The van der Waals surface area contributed by atoms with Gasteiger partial charge in [0.15, 0.2) is 0 Å². The van der Waals surface area contributed by atoms with Crippen molar-refractivity contribution in [2.45, 2.75) is 32.9 Å². The second-order valence-electron chi connectivity index (χ2n) is 5.26. The fourth-order valence-electron chi connectivity index (χ4n) is 1.83. The molecule has 0 aliphatic rings. The van der Waals surface area contributed by atoms with Gasteiger partial charge in [0.2, 0.25) is 0 Å². The summed E-state index contributed by atoms with van der Waals surface area (Å²) in [4.78, 5) is 23.6. The number of esters is 1. The molecule has 0 aliphatic carbocycles. The van der Waals surface area contributed by atoms with Crippen molar-refractivity contribution in [3.8, 4) is 0 Å². The van der Waals surface area contributed by atoms with Crippen molar-refractivity contribution in [3.63, 3.8) is 0 Å². The Balaban J connectivity index is 2.72. The van der Waals surface area contributed by atoms with E-state index < -0.39 is 18.0 Å². The first kappa shape index (κ1) is 17.0. The van der Waals surface area contributed by atoms with Crippen molar-refractivity contribution in [1.82, 2.24) is 5.32 Å². The SMILES string of the molecule is COC(=O)C(NC(=O)Nc1cccc(C(C)N)c1)C(C)C. The fourth-order valence-corrected chi connectivity index (χ4v) is 1.83. The number of hydrogen-bond donors (Lipinski definition) is 3. The van der Waals surface area contributed by atoms with E-state index in [4.69, 9.17) is 5.73 Å². The molecule has 1 rings (SSSR count). The first-order chi connectivity index (χ1) is 9.85. The summed E-state index contributed by atoms with van der Waals surface area (Å²) >= 11 is 0. The highest BCUT2D eigenvalue weighted by Crippen LogP contribution is 2.15. The van der Waals surface area contributed by atoms with Gasteiger partial charge in [-0.25, -0.2) is 9.59 Å². The molecule has 6 nitrogen and oxygen atoms in total. The van der Waals surface area contributed by atoms with E-state index in [-0.39, 0.29) is 12.0 Å². The number of anilines is 1. The molecule has 4 N–H and O–H groups in total. The van der Waals surface area contributed by atoms with Gasteiger partial charge in [-0.15, -0.1) is 0 Å². The van der Waals surface area contributed by atoms with Gasteiger partial charge < -0.3 is 21.1 Å². The lowest BCUT2D eigenvalue weighted by atomic mass is 10.1. The molecule has 0 saturated carbocycles. The van der Waals surface area contributed by atoms with E-state index in [0.717, 1.165) is 5.56 Å². The van der Waals surface area contributed by atoms with Gasteiger partial charge in [0.1, 0.15) is 6.04 Å². The highest BCUT2D eigenvalue weighted by Gasteiger charge is 2.24. The van der Waals surface area contributed by atoms with E-state index in [1.54, 1.807) is 12.1 Å². The van der Waals surface area contributed by atoms with Gasteiger partial charge in [0.05, 0.1) is 7.11 Å². The number of urea groups is 1. The molecule has 0 fully saturated rings. The summed E-state index contributed by atoms with van der Waals surface area (Å²) in [5, 5.41) is 5.30.